The summed E-state index contributed by atoms with van der Waals surface area (Å²) in [4.78, 5) is 24.6. The fourth-order valence-electron chi connectivity index (χ4n) is 2.56. The van der Waals surface area contributed by atoms with Gasteiger partial charge in [0.15, 0.2) is 0 Å². The van der Waals surface area contributed by atoms with E-state index in [4.69, 9.17) is 0 Å². The van der Waals surface area contributed by atoms with Gasteiger partial charge < -0.3 is 15.6 Å². The number of thiophene rings is 1. The van der Waals surface area contributed by atoms with E-state index in [0.29, 0.717) is 11.4 Å². The largest absolute Gasteiger partial charge is 0.354 e. The van der Waals surface area contributed by atoms with Crippen molar-refractivity contribution in [3.8, 4) is 0 Å². The molecule has 7 heteroatoms. The van der Waals surface area contributed by atoms with Crippen LogP contribution in [0.25, 0.3) is 11.0 Å². The molecule has 1 amide bonds. The lowest BCUT2D eigenvalue weighted by Gasteiger charge is -2.09. The van der Waals surface area contributed by atoms with Crippen LogP contribution in [0.15, 0.2) is 60.5 Å². The van der Waals surface area contributed by atoms with Crippen molar-refractivity contribution < 1.29 is 4.79 Å². The third kappa shape index (κ3) is 3.22. The van der Waals surface area contributed by atoms with Gasteiger partial charge in [-0.25, -0.2) is 4.98 Å². The first-order chi connectivity index (χ1) is 12.3. The van der Waals surface area contributed by atoms with Gasteiger partial charge in [-0.05, 0) is 35.2 Å². The van der Waals surface area contributed by atoms with Crippen LogP contribution in [0, 0.1) is 0 Å². The zero-order valence-corrected chi connectivity index (χ0v) is 14.0. The smallest absolute Gasteiger partial charge is 0.263 e. The molecular formula is C18H15N5OS. The van der Waals surface area contributed by atoms with Gasteiger partial charge in [-0.15, -0.1) is 11.3 Å². The van der Waals surface area contributed by atoms with Crippen molar-refractivity contribution in [1.29, 1.82) is 0 Å². The number of aromatic nitrogens is 3. The molecule has 4 aromatic rings. The summed E-state index contributed by atoms with van der Waals surface area (Å²) in [6.45, 7) is 0.446. The van der Waals surface area contributed by atoms with Crippen molar-refractivity contribution in [3.05, 3.63) is 70.9 Å². The molecule has 0 saturated carbocycles. The SMILES string of the molecule is O=C(NCc1cccnc1)c1sccc1Nc1ccnc2[nH]ccc12. The summed E-state index contributed by atoms with van der Waals surface area (Å²) in [7, 11) is 0. The zero-order chi connectivity index (χ0) is 17.1. The number of hydrogen-bond acceptors (Lipinski definition) is 5. The zero-order valence-electron chi connectivity index (χ0n) is 13.2. The predicted octanol–water partition coefficient (Wildman–Crippen LogP) is 3.69. The highest BCUT2D eigenvalue weighted by molar-refractivity contribution is 7.12. The molecule has 4 aromatic heterocycles. The monoisotopic (exact) mass is 349 g/mol. The molecule has 25 heavy (non-hydrogen) atoms. The second-order valence-electron chi connectivity index (χ2n) is 5.43. The third-order valence-corrected chi connectivity index (χ3v) is 4.69. The maximum atomic E-state index is 12.5. The summed E-state index contributed by atoms with van der Waals surface area (Å²) in [5.74, 6) is -0.110. The van der Waals surface area contributed by atoms with E-state index in [1.807, 2.05) is 41.9 Å². The highest BCUT2D eigenvalue weighted by Gasteiger charge is 2.14. The number of hydrogen-bond donors (Lipinski definition) is 3. The van der Waals surface area contributed by atoms with Gasteiger partial charge in [-0.1, -0.05) is 6.07 Å². The number of rotatable bonds is 5. The van der Waals surface area contributed by atoms with Crippen LogP contribution < -0.4 is 10.6 Å². The molecule has 0 atom stereocenters. The Balaban J connectivity index is 1.52. The van der Waals surface area contributed by atoms with Gasteiger partial charge in [0, 0.05) is 36.7 Å². The normalized spacial score (nSPS) is 10.7. The number of nitrogens with zero attached hydrogens (tertiary/aromatic N) is 2. The molecule has 0 unspecified atom stereocenters. The Hall–Kier alpha value is -3.19. The Morgan fingerprint density at radius 2 is 2.12 bits per heavy atom. The number of anilines is 2. The van der Waals surface area contributed by atoms with Crippen LogP contribution >= 0.6 is 11.3 Å². The van der Waals surface area contributed by atoms with Crippen LogP contribution in [0.4, 0.5) is 11.4 Å². The fourth-order valence-corrected chi connectivity index (χ4v) is 3.33. The molecule has 0 spiro atoms. The summed E-state index contributed by atoms with van der Waals surface area (Å²) >= 11 is 1.41. The second-order valence-corrected chi connectivity index (χ2v) is 6.35. The van der Waals surface area contributed by atoms with Gasteiger partial charge in [0.25, 0.3) is 5.91 Å². The van der Waals surface area contributed by atoms with E-state index in [1.165, 1.54) is 11.3 Å². The highest BCUT2D eigenvalue weighted by Crippen LogP contribution is 2.29. The number of carbonyl (C=O) groups excluding carboxylic acids is 1. The minimum atomic E-state index is -0.110. The highest BCUT2D eigenvalue weighted by atomic mass is 32.1. The maximum absolute atomic E-state index is 12.5. The third-order valence-electron chi connectivity index (χ3n) is 3.78. The Bertz CT molecular complexity index is 1010. The van der Waals surface area contributed by atoms with Gasteiger partial charge >= 0.3 is 0 Å². The molecule has 3 N–H and O–H groups in total. The molecule has 6 nitrogen and oxygen atoms in total. The molecular weight excluding hydrogens is 334 g/mol. The molecule has 0 fully saturated rings. The van der Waals surface area contributed by atoms with Gasteiger partial charge in [-0.2, -0.15) is 0 Å². The second kappa shape index (κ2) is 6.74. The average molecular weight is 349 g/mol. The molecule has 0 aromatic carbocycles. The van der Waals surface area contributed by atoms with Crippen molar-refractivity contribution in [1.82, 2.24) is 20.3 Å². The summed E-state index contributed by atoms with van der Waals surface area (Å²) in [5.41, 5.74) is 3.46. The van der Waals surface area contributed by atoms with Gasteiger partial charge in [0.2, 0.25) is 0 Å². The standard InChI is InChI=1S/C18H15N5OS/c24-18(22-11-12-2-1-6-19-10-12)16-15(5-9-25-16)23-14-4-8-21-17-13(14)3-7-20-17/h1-10H,11H2,(H,22,24)(H2,20,21,23). The molecule has 4 heterocycles. The number of aromatic amines is 1. The topological polar surface area (TPSA) is 82.7 Å². The van der Waals surface area contributed by atoms with Gasteiger partial charge in [-0.3, -0.25) is 9.78 Å². The van der Waals surface area contributed by atoms with Crippen molar-refractivity contribution in [2.24, 2.45) is 0 Å². The molecule has 0 saturated heterocycles. The van der Waals surface area contributed by atoms with E-state index < -0.39 is 0 Å². The molecule has 0 aliphatic rings. The number of pyridine rings is 2. The summed E-state index contributed by atoms with van der Waals surface area (Å²) in [6, 6.07) is 9.54. The molecule has 0 bridgehead atoms. The van der Waals surface area contributed by atoms with E-state index in [2.05, 4.69) is 25.6 Å². The minimum absolute atomic E-state index is 0.110. The first-order valence-corrected chi connectivity index (χ1v) is 8.63. The van der Waals surface area contributed by atoms with E-state index in [1.54, 1.807) is 18.6 Å². The van der Waals surface area contributed by atoms with Crippen molar-refractivity contribution >= 4 is 39.7 Å². The number of H-pyrrole nitrogens is 1. The fraction of sp³-hybridized carbons (Fsp3) is 0.0556. The van der Waals surface area contributed by atoms with Crippen LogP contribution in [0.2, 0.25) is 0 Å². The van der Waals surface area contributed by atoms with E-state index in [9.17, 15) is 4.79 Å². The summed E-state index contributed by atoms with van der Waals surface area (Å²) in [5, 5.41) is 9.15. The van der Waals surface area contributed by atoms with Gasteiger partial charge in [0.1, 0.15) is 10.5 Å². The molecule has 0 aliphatic carbocycles. The van der Waals surface area contributed by atoms with E-state index in [0.717, 1.165) is 28.0 Å². The van der Waals surface area contributed by atoms with Crippen LogP contribution in [0.5, 0.6) is 0 Å². The van der Waals surface area contributed by atoms with Crippen LogP contribution in [-0.2, 0) is 6.54 Å². The van der Waals surface area contributed by atoms with Crippen molar-refractivity contribution in [2.45, 2.75) is 6.54 Å². The number of nitrogens with one attached hydrogen (secondary N) is 3. The Labute approximate surface area is 148 Å². The lowest BCUT2D eigenvalue weighted by molar-refractivity contribution is 0.0955. The Morgan fingerprint density at radius 3 is 3.00 bits per heavy atom. The number of fused-ring (bicyclic) bond motifs is 1. The first-order valence-electron chi connectivity index (χ1n) is 7.75. The van der Waals surface area contributed by atoms with Crippen LogP contribution in [0.3, 0.4) is 0 Å². The maximum Gasteiger partial charge on any atom is 0.263 e. The Morgan fingerprint density at radius 1 is 1.16 bits per heavy atom. The van der Waals surface area contributed by atoms with Crippen molar-refractivity contribution in [3.63, 3.8) is 0 Å². The summed E-state index contributed by atoms with van der Waals surface area (Å²) in [6.07, 6.45) is 7.03. The van der Waals surface area contributed by atoms with E-state index in [-0.39, 0.29) is 5.91 Å². The molecule has 0 radical (unpaired) electrons. The first kappa shape index (κ1) is 15.3. The minimum Gasteiger partial charge on any atom is -0.354 e. The lowest BCUT2D eigenvalue weighted by Crippen LogP contribution is -2.22. The lowest BCUT2D eigenvalue weighted by atomic mass is 10.2. The Kier molecular flexibility index (Phi) is 4.14. The quantitative estimate of drug-likeness (QED) is 0.513. The molecule has 4 rings (SSSR count). The van der Waals surface area contributed by atoms with Crippen LogP contribution in [-0.4, -0.2) is 20.9 Å². The number of amides is 1. The van der Waals surface area contributed by atoms with Gasteiger partial charge in [0.05, 0.1) is 11.4 Å². The summed E-state index contributed by atoms with van der Waals surface area (Å²) < 4.78 is 0. The predicted molar refractivity (Wildman–Crippen MR) is 99.1 cm³/mol. The van der Waals surface area contributed by atoms with Crippen molar-refractivity contribution in [2.75, 3.05) is 5.32 Å². The molecule has 124 valence electrons. The molecule has 0 aliphatic heterocycles. The van der Waals surface area contributed by atoms with E-state index >= 15 is 0 Å². The number of carbonyl (C=O) groups is 1. The van der Waals surface area contributed by atoms with Crippen LogP contribution in [0.1, 0.15) is 15.2 Å². The average Bonchev–Trinajstić information content (AvgIpc) is 3.30.